The summed E-state index contributed by atoms with van der Waals surface area (Å²) in [6.45, 7) is 1.95. The van der Waals surface area contributed by atoms with Gasteiger partial charge in [0.1, 0.15) is 11.5 Å². The number of pyridine rings is 1. The highest BCUT2D eigenvalue weighted by Crippen LogP contribution is 2.46. The summed E-state index contributed by atoms with van der Waals surface area (Å²) in [4.78, 5) is 32.2. The van der Waals surface area contributed by atoms with Crippen molar-refractivity contribution in [2.75, 3.05) is 21.3 Å². The van der Waals surface area contributed by atoms with Crippen molar-refractivity contribution in [2.45, 2.75) is 19.5 Å². The van der Waals surface area contributed by atoms with Crippen LogP contribution in [0, 0.1) is 6.92 Å². The zero-order valence-electron chi connectivity index (χ0n) is 19.9. The quantitative estimate of drug-likeness (QED) is 0.314. The van der Waals surface area contributed by atoms with Gasteiger partial charge in [-0.05, 0) is 48.4 Å². The van der Waals surface area contributed by atoms with Crippen molar-refractivity contribution >= 4 is 17.4 Å². The van der Waals surface area contributed by atoms with Crippen molar-refractivity contribution in [1.29, 1.82) is 0 Å². The Kier molecular flexibility index (Phi) is 6.73. The second kappa shape index (κ2) is 9.89. The first-order valence-corrected chi connectivity index (χ1v) is 10.9. The Morgan fingerprint density at radius 2 is 1.77 bits per heavy atom. The maximum absolute atomic E-state index is 13.3. The number of ether oxygens (including phenoxy) is 3. The van der Waals surface area contributed by atoms with E-state index in [2.05, 4.69) is 4.98 Å². The average Bonchev–Trinajstić information content (AvgIpc) is 3.12. The number of hydrogen-bond donors (Lipinski definition) is 1. The summed E-state index contributed by atoms with van der Waals surface area (Å²) in [5.41, 5.74) is 2.39. The summed E-state index contributed by atoms with van der Waals surface area (Å²) in [6, 6.07) is 13.0. The van der Waals surface area contributed by atoms with E-state index in [0.29, 0.717) is 28.4 Å². The van der Waals surface area contributed by atoms with Crippen LogP contribution in [0.2, 0.25) is 0 Å². The third-order valence-corrected chi connectivity index (χ3v) is 6.01. The first kappa shape index (κ1) is 23.8. The molecule has 1 N–H and O–H groups in total. The van der Waals surface area contributed by atoms with Gasteiger partial charge in [-0.25, -0.2) is 0 Å². The van der Waals surface area contributed by atoms with Gasteiger partial charge in [-0.1, -0.05) is 18.2 Å². The highest BCUT2D eigenvalue weighted by atomic mass is 16.5. The molecule has 4 rings (SSSR count). The van der Waals surface area contributed by atoms with Gasteiger partial charge in [0.25, 0.3) is 11.7 Å². The molecule has 8 heteroatoms. The van der Waals surface area contributed by atoms with Crippen LogP contribution in [0.15, 0.2) is 66.5 Å². The lowest BCUT2D eigenvalue weighted by molar-refractivity contribution is -0.140. The molecule has 0 saturated carbocycles. The summed E-state index contributed by atoms with van der Waals surface area (Å²) in [7, 11) is 4.55. The summed E-state index contributed by atoms with van der Waals surface area (Å²) in [5, 5.41) is 11.4. The highest BCUT2D eigenvalue weighted by Gasteiger charge is 2.47. The Labute approximate surface area is 203 Å². The Balaban J connectivity index is 1.94. The van der Waals surface area contributed by atoms with Gasteiger partial charge < -0.3 is 24.2 Å². The predicted octanol–water partition coefficient (Wildman–Crippen LogP) is 4.04. The summed E-state index contributed by atoms with van der Waals surface area (Å²) >= 11 is 0. The van der Waals surface area contributed by atoms with E-state index in [4.69, 9.17) is 14.2 Å². The van der Waals surface area contributed by atoms with Gasteiger partial charge in [0.05, 0.1) is 32.9 Å². The molecule has 2 aromatic carbocycles. The molecule has 2 heterocycles. The highest BCUT2D eigenvalue weighted by molar-refractivity contribution is 6.46. The zero-order valence-corrected chi connectivity index (χ0v) is 19.9. The molecule has 35 heavy (non-hydrogen) atoms. The number of hydrogen-bond acceptors (Lipinski definition) is 7. The van der Waals surface area contributed by atoms with Crippen molar-refractivity contribution in [3.8, 4) is 17.2 Å². The molecule has 0 bridgehead atoms. The number of ketones is 1. The molecule has 0 unspecified atom stereocenters. The van der Waals surface area contributed by atoms with Crippen LogP contribution in [0.1, 0.15) is 28.3 Å². The number of carbonyl (C=O) groups excluding carboxylic acids is 2. The normalized spacial score (nSPS) is 16.9. The van der Waals surface area contributed by atoms with Gasteiger partial charge >= 0.3 is 0 Å². The van der Waals surface area contributed by atoms with E-state index >= 15 is 0 Å². The molecule has 180 valence electrons. The maximum Gasteiger partial charge on any atom is 0.295 e. The Morgan fingerprint density at radius 1 is 1.00 bits per heavy atom. The van der Waals surface area contributed by atoms with Crippen LogP contribution in [-0.4, -0.2) is 48.0 Å². The fraction of sp³-hybridized carbons (Fsp3) is 0.222. The number of nitrogens with zero attached hydrogens (tertiary/aromatic N) is 2. The number of Topliss-reactive ketones (excluding diaryl/α,β-unsaturated/α-hetero) is 1. The van der Waals surface area contributed by atoms with E-state index in [1.165, 1.54) is 19.1 Å². The van der Waals surface area contributed by atoms with E-state index in [1.54, 1.807) is 62.0 Å². The van der Waals surface area contributed by atoms with E-state index in [1.807, 2.05) is 13.0 Å². The van der Waals surface area contributed by atoms with Gasteiger partial charge in [-0.3, -0.25) is 14.6 Å². The van der Waals surface area contributed by atoms with Gasteiger partial charge in [0, 0.05) is 30.1 Å². The van der Waals surface area contributed by atoms with Crippen molar-refractivity contribution in [3.05, 3.63) is 88.8 Å². The number of amides is 1. The lowest BCUT2D eigenvalue weighted by Gasteiger charge is -2.27. The van der Waals surface area contributed by atoms with Crippen molar-refractivity contribution in [2.24, 2.45) is 0 Å². The fourth-order valence-corrected chi connectivity index (χ4v) is 4.36. The third kappa shape index (κ3) is 4.30. The number of aryl methyl sites for hydroxylation is 1. The number of carbonyl (C=O) groups is 2. The van der Waals surface area contributed by atoms with Crippen LogP contribution in [0.4, 0.5) is 0 Å². The van der Waals surface area contributed by atoms with Crippen LogP contribution in [0.3, 0.4) is 0 Å². The van der Waals surface area contributed by atoms with Gasteiger partial charge in [-0.2, -0.15) is 0 Å². The largest absolute Gasteiger partial charge is 0.507 e. The third-order valence-electron chi connectivity index (χ3n) is 6.01. The molecule has 1 aliphatic rings. The SMILES string of the molecule is COc1ccc(C(O)=C2C(=O)C(=O)N(Cc3cccnc3)[C@H]2c2cccc(OC)c2OC)cc1C. The number of aliphatic hydroxyl groups excluding tert-OH is 1. The van der Waals surface area contributed by atoms with Crippen LogP contribution in [0.25, 0.3) is 5.76 Å². The Morgan fingerprint density at radius 3 is 2.40 bits per heavy atom. The molecule has 1 atom stereocenters. The molecule has 1 amide bonds. The second-order valence-corrected chi connectivity index (χ2v) is 8.06. The topological polar surface area (TPSA) is 98.2 Å². The van der Waals surface area contributed by atoms with E-state index in [-0.39, 0.29) is 17.9 Å². The molecule has 0 spiro atoms. The minimum atomic E-state index is -0.914. The number of likely N-dealkylation sites (tertiary alicyclic amines) is 1. The summed E-state index contributed by atoms with van der Waals surface area (Å²) < 4.78 is 16.4. The summed E-state index contributed by atoms with van der Waals surface area (Å²) in [5.74, 6) is -0.334. The number of aliphatic hydroxyl groups is 1. The monoisotopic (exact) mass is 474 g/mol. The van der Waals surface area contributed by atoms with Crippen LogP contribution >= 0.6 is 0 Å². The molecule has 1 saturated heterocycles. The second-order valence-electron chi connectivity index (χ2n) is 8.06. The number of benzene rings is 2. The predicted molar refractivity (Wildman–Crippen MR) is 129 cm³/mol. The van der Waals surface area contributed by atoms with E-state index in [0.717, 1.165) is 11.1 Å². The Hall–Kier alpha value is -4.33. The zero-order chi connectivity index (χ0) is 25.1. The molecule has 8 nitrogen and oxygen atoms in total. The van der Waals surface area contributed by atoms with Crippen LogP contribution < -0.4 is 14.2 Å². The smallest absolute Gasteiger partial charge is 0.295 e. The molecular formula is C27H26N2O6. The molecule has 0 aliphatic carbocycles. The van der Waals surface area contributed by atoms with Crippen molar-refractivity contribution < 1.29 is 28.9 Å². The standard InChI is InChI=1S/C27H26N2O6/c1-16-13-18(10-11-20(16)33-2)24(30)22-23(19-8-5-9-21(34-3)26(19)35-4)29(27(32)25(22)31)15-17-7-6-12-28-14-17/h5-14,23,30H,15H2,1-4H3/t23-/m0/s1. The van der Waals surface area contributed by atoms with Gasteiger partial charge in [0.15, 0.2) is 11.5 Å². The van der Waals surface area contributed by atoms with Crippen molar-refractivity contribution in [3.63, 3.8) is 0 Å². The molecule has 1 aliphatic heterocycles. The number of rotatable bonds is 7. The summed E-state index contributed by atoms with van der Waals surface area (Å²) in [6.07, 6.45) is 3.26. The van der Waals surface area contributed by atoms with Gasteiger partial charge in [0.2, 0.25) is 0 Å². The first-order valence-electron chi connectivity index (χ1n) is 10.9. The van der Waals surface area contributed by atoms with Crippen LogP contribution in [0.5, 0.6) is 17.2 Å². The lowest BCUT2D eigenvalue weighted by atomic mass is 9.93. The minimum absolute atomic E-state index is 0.0324. The first-order chi connectivity index (χ1) is 16.9. The number of para-hydroxylation sites is 1. The van der Waals surface area contributed by atoms with E-state index < -0.39 is 17.7 Å². The minimum Gasteiger partial charge on any atom is -0.507 e. The average molecular weight is 475 g/mol. The Bertz CT molecular complexity index is 1300. The molecule has 1 fully saturated rings. The van der Waals surface area contributed by atoms with Crippen molar-refractivity contribution in [1.82, 2.24) is 9.88 Å². The molecule has 0 radical (unpaired) electrons. The maximum atomic E-state index is 13.3. The van der Waals surface area contributed by atoms with Crippen LogP contribution in [-0.2, 0) is 16.1 Å². The van der Waals surface area contributed by atoms with Gasteiger partial charge in [-0.15, -0.1) is 0 Å². The number of aromatic nitrogens is 1. The van der Waals surface area contributed by atoms with E-state index in [9.17, 15) is 14.7 Å². The lowest BCUT2D eigenvalue weighted by Crippen LogP contribution is -2.29. The molecular weight excluding hydrogens is 448 g/mol. The molecule has 1 aromatic heterocycles. The fourth-order valence-electron chi connectivity index (χ4n) is 4.36. The number of methoxy groups -OCH3 is 3. The molecule has 3 aromatic rings.